The molecule has 0 fully saturated rings. The van der Waals surface area contributed by atoms with E-state index in [4.69, 9.17) is 34.3 Å². The van der Waals surface area contributed by atoms with Crippen molar-refractivity contribution in [2.45, 2.75) is 246 Å². The molecule has 12 rings (SSSR count). The second-order valence-corrected chi connectivity index (χ2v) is 36.5. The number of carboxylic acid groups (broad SMARTS) is 3. The molecule has 0 bridgehead atoms. The van der Waals surface area contributed by atoms with Crippen molar-refractivity contribution in [2.75, 3.05) is 41.1 Å². The number of hydrogen-bond donors (Lipinski definition) is 3. The van der Waals surface area contributed by atoms with Gasteiger partial charge in [-0.25, -0.2) is 34.3 Å². The summed E-state index contributed by atoms with van der Waals surface area (Å²) in [5.41, 5.74) is 22.1. The average Bonchev–Trinajstić information content (AvgIpc) is 0.776. The van der Waals surface area contributed by atoms with E-state index in [0.717, 1.165) is 130 Å². The van der Waals surface area contributed by atoms with E-state index in [1.165, 1.54) is 60.4 Å². The third-order valence-electron chi connectivity index (χ3n) is 23.9. The molecule has 0 aliphatic rings. The minimum atomic E-state index is -4.50. The number of carboxylic acids is 3. The number of alkyl halides is 9. The Morgan fingerprint density at radius 3 is 0.942 bits per heavy atom. The van der Waals surface area contributed by atoms with Gasteiger partial charge in [-0.1, -0.05) is 131 Å². The van der Waals surface area contributed by atoms with Crippen LogP contribution in [0.2, 0.25) is 0 Å². The largest absolute Gasteiger partial charge is 0.493 e. The lowest BCUT2D eigenvalue weighted by Gasteiger charge is -2.26. The molecule has 3 heterocycles. The number of nitrogens with zero attached hydrogens (tertiary/aromatic N) is 9. The standard InChI is InChI=1S/C37H42F3N3O4.C37H42F3N3O3.C36H39F4N3O3/c1-7-46-34-11-10-28(23(2)3)18-33(34)32-16-26(6)25(5)15-29(32)22-43(21-27-13-24(4)14-30(17-27)37(38,39)40)36-41-19-31(20-42-36)47-12-8-9-35(44)45;1-22(2)32-17-33(27(7)13-26(32)6)34-15-25(5)24(4)14-29(34)21-43(20-28-11-23(3)12-30(16-28)37(38,39)40)36-41-18-31(19-42-36)46-10-8-9-35(44)45;1-21(2)30-16-31(25(6)14-33(30)37)32-13-24(5)23(4)12-27(32)20-43(19-26-10-22(3)11-28(15-26)36(38,39)40)35-41-17-29(18-42-35)46-9-7-8-34(44)45/h10-11,13-20,23H,7-9,12,21-22H2,1-6H3,(H,44,45);11-19,22H,8-10,20-21H2,1-7H3,(H,44,45);10-18,21H,7-9,19-20H2,1-6H3,(H,44,45). The number of carbonyl (C=O) groups is 3. The van der Waals surface area contributed by atoms with E-state index < -0.39 is 53.1 Å². The van der Waals surface area contributed by atoms with E-state index in [2.05, 4.69) is 147 Å². The Morgan fingerprint density at radius 1 is 0.331 bits per heavy atom. The Balaban J connectivity index is 0.000000215. The first kappa shape index (κ1) is 108. The van der Waals surface area contributed by atoms with Gasteiger partial charge < -0.3 is 49.0 Å². The van der Waals surface area contributed by atoms with Crippen molar-refractivity contribution in [1.29, 1.82) is 0 Å². The zero-order chi connectivity index (χ0) is 102. The van der Waals surface area contributed by atoms with Crippen molar-refractivity contribution in [3.05, 3.63) is 310 Å². The Hall–Kier alpha value is -13.5. The molecule has 0 atom stereocenters. The highest BCUT2D eigenvalue weighted by atomic mass is 19.4. The van der Waals surface area contributed by atoms with Gasteiger partial charge in [0.15, 0.2) is 17.2 Å². The maximum Gasteiger partial charge on any atom is 0.416 e. The molecule has 0 radical (unpaired) electrons. The van der Waals surface area contributed by atoms with Crippen molar-refractivity contribution in [2.24, 2.45) is 0 Å². The molecule has 0 saturated heterocycles. The van der Waals surface area contributed by atoms with Crippen molar-refractivity contribution < 1.29 is 92.6 Å². The number of ether oxygens (including phenoxy) is 4. The quantitative estimate of drug-likeness (QED) is 0.0241. The van der Waals surface area contributed by atoms with Crippen LogP contribution < -0.4 is 33.6 Å². The van der Waals surface area contributed by atoms with Gasteiger partial charge in [0.25, 0.3) is 0 Å². The topological polar surface area (TPSA) is 236 Å². The van der Waals surface area contributed by atoms with Crippen LogP contribution in [0.5, 0.6) is 23.0 Å². The predicted molar refractivity (Wildman–Crippen MR) is 523 cm³/mol. The number of aromatic nitrogens is 6. The van der Waals surface area contributed by atoms with Crippen molar-refractivity contribution >= 4 is 35.8 Å². The minimum absolute atomic E-state index is 0.0133. The number of halogens is 10. The fourth-order valence-corrected chi connectivity index (χ4v) is 16.5. The maximum atomic E-state index is 14.9. The average molecular weight is 1920 g/mol. The van der Waals surface area contributed by atoms with Crippen LogP contribution >= 0.6 is 0 Å². The lowest BCUT2D eigenvalue weighted by Crippen LogP contribution is -2.25. The van der Waals surface area contributed by atoms with E-state index in [1.54, 1.807) is 49.9 Å². The third-order valence-corrected chi connectivity index (χ3v) is 23.9. The van der Waals surface area contributed by atoms with Gasteiger partial charge in [0, 0.05) is 64.1 Å². The maximum absolute atomic E-state index is 14.9. The molecule has 19 nitrogen and oxygen atoms in total. The minimum Gasteiger partial charge on any atom is -0.493 e. The summed E-state index contributed by atoms with van der Waals surface area (Å²) in [5, 5.41) is 26.6. The molecule has 0 spiro atoms. The SMILES string of the molecule is CCOc1ccc(C(C)C)cc1-c1cc(C)c(C)cc1CN(Cc1cc(C)cc(C(F)(F)F)c1)c1ncc(OCCCC(=O)O)cn1.Cc1cc(CN(Cc2cc(C)c(C)cc2-c2cc(C(C)C)c(C)cc2C)c2ncc(OCCCC(=O)O)cn2)cc(C(F)(F)F)c1.Cc1cc(CN(Cc2cc(C)c(C)cc2-c2cc(C(C)C)c(F)cc2C)c2ncc(OCCCC(=O)O)cn2)cc(C(F)(F)F)c1. The molecule has 0 unspecified atom stereocenters. The Labute approximate surface area is 807 Å². The zero-order valence-corrected chi connectivity index (χ0v) is 82.2. The first-order chi connectivity index (χ1) is 65.5. The van der Waals surface area contributed by atoms with Crippen molar-refractivity contribution in [3.8, 4) is 56.4 Å². The summed E-state index contributed by atoms with van der Waals surface area (Å²) in [7, 11) is 0. The Morgan fingerprint density at radius 2 is 0.640 bits per heavy atom. The highest BCUT2D eigenvalue weighted by Crippen LogP contribution is 2.43. The van der Waals surface area contributed by atoms with Gasteiger partial charge in [-0.15, -0.1) is 0 Å². The van der Waals surface area contributed by atoms with E-state index >= 15 is 0 Å². The summed E-state index contributed by atoms with van der Waals surface area (Å²) >= 11 is 0. The molecule has 0 aliphatic carbocycles. The highest BCUT2D eigenvalue weighted by molar-refractivity contribution is 5.78. The van der Waals surface area contributed by atoms with Crippen LogP contribution in [0.25, 0.3) is 33.4 Å². The van der Waals surface area contributed by atoms with Gasteiger partial charge in [-0.2, -0.15) is 39.5 Å². The molecular formula is C110H123F10N9O10. The number of aliphatic carboxylic acids is 3. The van der Waals surface area contributed by atoms with Crippen LogP contribution in [-0.2, 0) is 72.2 Å². The summed E-state index contributed by atoms with van der Waals surface area (Å²) in [6, 6.07) is 38.9. The summed E-state index contributed by atoms with van der Waals surface area (Å²) in [5.74, 6) is 0.374. The van der Waals surface area contributed by atoms with E-state index in [-0.39, 0.29) is 82.9 Å². The number of benzene rings is 9. The molecule has 29 heteroatoms. The van der Waals surface area contributed by atoms with Crippen LogP contribution in [0.4, 0.5) is 61.7 Å². The molecular weight excluding hydrogens is 1800 g/mol. The molecule has 0 amide bonds. The first-order valence-corrected chi connectivity index (χ1v) is 46.3. The van der Waals surface area contributed by atoms with Gasteiger partial charge in [0.05, 0.1) is 80.3 Å². The molecule has 3 aromatic heterocycles. The van der Waals surface area contributed by atoms with Crippen LogP contribution in [0.15, 0.2) is 171 Å². The Kier molecular flexibility index (Phi) is 36.9. The lowest BCUT2D eigenvalue weighted by molar-refractivity contribution is -0.138. The lowest BCUT2D eigenvalue weighted by atomic mass is 9.87. The number of rotatable bonds is 38. The first-order valence-electron chi connectivity index (χ1n) is 46.3. The van der Waals surface area contributed by atoms with Gasteiger partial charge in [-0.05, 0) is 316 Å². The van der Waals surface area contributed by atoms with Crippen LogP contribution in [0.3, 0.4) is 0 Å². The van der Waals surface area contributed by atoms with Gasteiger partial charge in [0.2, 0.25) is 17.8 Å². The number of anilines is 3. The molecule has 9 aromatic carbocycles. The van der Waals surface area contributed by atoms with Crippen LogP contribution in [0, 0.1) is 88.9 Å². The summed E-state index contributed by atoms with van der Waals surface area (Å²) in [6.07, 6.45) is -3.61. The normalized spacial score (nSPS) is 11.6. The zero-order valence-electron chi connectivity index (χ0n) is 82.2. The van der Waals surface area contributed by atoms with Crippen molar-refractivity contribution in [1.82, 2.24) is 29.9 Å². The smallest absolute Gasteiger partial charge is 0.416 e. The van der Waals surface area contributed by atoms with E-state index in [1.807, 2.05) is 76.5 Å². The fraction of sp³-hybridized carbons (Fsp3) is 0.373. The number of aryl methyl sites for hydroxylation is 12. The molecule has 139 heavy (non-hydrogen) atoms. The van der Waals surface area contributed by atoms with Gasteiger partial charge >= 0.3 is 36.4 Å². The third kappa shape index (κ3) is 30.5. The summed E-state index contributed by atoms with van der Waals surface area (Å²) in [4.78, 5) is 65.1. The molecule has 12 aromatic rings. The van der Waals surface area contributed by atoms with Crippen LogP contribution in [0.1, 0.15) is 238 Å². The van der Waals surface area contributed by atoms with Crippen molar-refractivity contribution in [3.63, 3.8) is 0 Å². The fourth-order valence-electron chi connectivity index (χ4n) is 16.5. The summed E-state index contributed by atoms with van der Waals surface area (Å²) in [6.45, 7) is 40.0. The summed E-state index contributed by atoms with van der Waals surface area (Å²) < 4.78 is 162. The molecule has 738 valence electrons. The second-order valence-electron chi connectivity index (χ2n) is 36.5. The number of hydrogen-bond acceptors (Lipinski definition) is 16. The second kappa shape index (κ2) is 47.7. The predicted octanol–water partition coefficient (Wildman–Crippen LogP) is 27.4. The molecule has 0 saturated carbocycles. The van der Waals surface area contributed by atoms with Gasteiger partial charge in [0.1, 0.15) is 11.6 Å². The monoisotopic (exact) mass is 1920 g/mol. The molecule has 0 aliphatic heterocycles. The Bertz CT molecular complexity index is 6030. The molecule has 3 N–H and O–H groups in total. The highest BCUT2D eigenvalue weighted by Gasteiger charge is 2.35. The van der Waals surface area contributed by atoms with E-state index in [0.29, 0.717) is 119 Å². The van der Waals surface area contributed by atoms with Gasteiger partial charge in [-0.3, -0.25) is 14.4 Å². The van der Waals surface area contributed by atoms with Crippen LogP contribution in [-0.4, -0.2) is 89.6 Å². The van der Waals surface area contributed by atoms with E-state index in [9.17, 15) is 58.3 Å².